The average Bonchev–Trinajstić information content (AvgIpc) is 2.55. The zero-order chi connectivity index (χ0) is 16.8. The van der Waals surface area contributed by atoms with Crippen molar-refractivity contribution in [2.45, 2.75) is 25.8 Å². The highest BCUT2D eigenvalue weighted by Crippen LogP contribution is 2.11. The van der Waals surface area contributed by atoms with Crippen molar-refractivity contribution in [1.82, 2.24) is 4.90 Å². The standard InChI is InChI=1S/C19H21NO3/c1-14-8-10-16(11-9-14)13-18(21)20(2)17(19(22)23)12-15-6-4-3-5-7-15/h3-11,17H,12-13H2,1-2H3,(H,22,23). The first-order valence-electron chi connectivity index (χ1n) is 7.55. The van der Waals surface area contributed by atoms with Gasteiger partial charge in [0, 0.05) is 13.5 Å². The molecule has 4 nitrogen and oxygen atoms in total. The molecule has 2 aromatic rings. The third-order valence-corrected chi connectivity index (χ3v) is 3.89. The summed E-state index contributed by atoms with van der Waals surface area (Å²) in [6.07, 6.45) is 0.502. The van der Waals surface area contributed by atoms with Gasteiger partial charge in [-0.1, -0.05) is 60.2 Å². The Morgan fingerprint density at radius 1 is 1.00 bits per heavy atom. The van der Waals surface area contributed by atoms with E-state index in [0.29, 0.717) is 6.42 Å². The molecule has 2 aromatic carbocycles. The van der Waals surface area contributed by atoms with E-state index in [9.17, 15) is 14.7 Å². The van der Waals surface area contributed by atoms with Crippen LogP contribution in [0, 0.1) is 6.92 Å². The number of rotatable bonds is 6. The van der Waals surface area contributed by atoms with Gasteiger partial charge in [0.2, 0.25) is 5.91 Å². The molecule has 2 rings (SSSR count). The maximum Gasteiger partial charge on any atom is 0.326 e. The van der Waals surface area contributed by atoms with E-state index in [1.165, 1.54) is 4.90 Å². The number of nitrogens with zero attached hydrogens (tertiary/aromatic N) is 1. The maximum absolute atomic E-state index is 12.4. The van der Waals surface area contributed by atoms with E-state index in [2.05, 4.69) is 0 Å². The lowest BCUT2D eigenvalue weighted by atomic mass is 10.0. The molecule has 0 aliphatic carbocycles. The molecular weight excluding hydrogens is 290 g/mol. The smallest absolute Gasteiger partial charge is 0.326 e. The molecule has 1 amide bonds. The van der Waals surface area contributed by atoms with E-state index in [0.717, 1.165) is 16.7 Å². The van der Waals surface area contributed by atoms with Crippen molar-refractivity contribution in [2.24, 2.45) is 0 Å². The number of carboxylic acid groups (broad SMARTS) is 1. The molecule has 120 valence electrons. The Labute approximate surface area is 136 Å². The van der Waals surface area contributed by atoms with Crippen LogP contribution in [0.3, 0.4) is 0 Å². The number of carbonyl (C=O) groups excluding carboxylic acids is 1. The second kappa shape index (κ2) is 7.58. The van der Waals surface area contributed by atoms with Crippen molar-refractivity contribution in [3.63, 3.8) is 0 Å². The predicted molar refractivity (Wildman–Crippen MR) is 89.2 cm³/mol. The molecule has 0 aliphatic rings. The lowest BCUT2D eigenvalue weighted by Crippen LogP contribution is -2.44. The molecule has 1 N–H and O–H groups in total. The molecule has 0 saturated heterocycles. The molecule has 0 saturated carbocycles. The Bertz CT molecular complexity index is 665. The Morgan fingerprint density at radius 3 is 2.17 bits per heavy atom. The van der Waals surface area contributed by atoms with Crippen molar-refractivity contribution in [3.8, 4) is 0 Å². The van der Waals surface area contributed by atoms with Crippen LogP contribution in [-0.2, 0) is 22.4 Å². The molecule has 0 aromatic heterocycles. The molecule has 23 heavy (non-hydrogen) atoms. The van der Waals surface area contributed by atoms with Gasteiger partial charge in [-0.15, -0.1) is 0 Å². The summed E-state index contributed by atoms with van der Waals surface area (Å²) in [6, 6.07) is 16.2. The van der Waals surface area contributed by atoms with E-state index in [1.807, 2.05) is 61.5 Å². The van der Waals surface area contributed by atoms with Crippen LogP contribution >= 0.6 is 0 Å². The average molecular weight is 311 g/mol. The number of hydrogen-bond acceptors (Lipinski definition) is 2. The Balaban J connectivity index is 2.07. The van der Waals surface area contributed by atoms with Crippen LogP contribution in [-0.4, -0.2) is 35.0 Å². The maximum atomic E-state index is 12.4. The summed E-state index contributed by atoms with van der Waals surface area (Å²) in [5.41, 5.74) is 2.91. The van der Waals surface area contributed by atoms with Crippen molar-refractivity contribution < 1.29 is 14.7 Å². The molecular formula is C19H21NO3. The zero-order valence-electron chi connectivity index (χ0n) is 13.4. The molecule has 0 fully saturated rings. The second-order valence-corrected chi connectivity index (χ2v) is 5.71. The number of amides is 1. The highest BCUT2D eigenvalue weighted by atomic mass is 16.4. The van der Waals surface area contributed by atoms with Crippen LogP contribution < -0.4 is 0 Å². The summed E-state index contributed by atoms with van der Waals surface area (Å²) < 4.78 is 0. The van der Waals surface area contributed by atoms with Crippen molar-refractivity contribution in [3.05, 3.63) is 71.3 Å². The van der Waals surface area contributed by atoms with Gasteiger partial charge in [-0.2, -0.15) is 0 Å². The number of benzene rings is 2. The van der Waals surface area contributed by atoms with E-state index >= 15 is 0 Å². The quantitative estimate of drug-likeness (QED) is 0.892. The number of aliphatic carboxylic acids is 1. The molecule has 0 aliphatic heterocycles. The lowest BCUT2D eigenvalue weighted by Gasteiger charge is -2.25. The molecule has 0 heterocycles. The van der Waals surface area contributed by atoms with Gasteiger partial charge in [-0.25, -0.2) is 4.79 Å². The van der Waals surface area contributed by atoms with Crippen molar-refractivity contribution >= 4 is 11.9 Å². The van der Waals surface area contributed by atoms with Crippen molar-refractivity contribution in [1.29, 1.82) is 0 Å². The SMILES string of the molecule is Cc1ccc(CC(=O)N(C)C(Cc2ccccc2)C(=O)O)cc1. The van der Waals surface area contributed by atoms with Crippen LogP contribution in [0.25, 0.3) is 0 Å². The Hall–Kier alpha value is -2.62. The normalized spacial score (nSPS) is 11.7. The fourth-order valence-electron chi connectivity index (χ4n) is 2.41. The zero-order valence-corrected chi connectivity index (χ0v) is 13.4. The highest BCUT2D eigenvalue weighted by Gasteiger charge is 2.26. The molecule has 0 bridgehead atoms. The van der Waals surface area contributed by atoms with Gasteiger partial charge in [0.15, 0.2) is 0 Å². The number of carboxylic acids is 1. The second-order valence-electron chi connectivity index (χ2n) is 5.71. The number of likely N-dealkylation sites (N-methyl/N-ethyl adjacent to an activating group) is 1. The van der Waals surface area contributed by atoms with E-state index < -0.39 is 12.0 Å². The minimum atomic E-state index is -0.992. The first-order valence-corrected chi connectivity index (χ1v) is 7.55. The summed E-state index contributed by atoms with van der Waals surface area (Å²) in [6.45, 7) is 1.98. The summed E-state index contributed by atoms with van der Waals surface area (Å²) >= 11 is 0. The number of hydrogen-bond donors (Lipinski definition) is 1. The van der Waals surface area contributed by atoms with Crippen LogP contribution in [0.15, 0.2) is 54.6 Å². The molecule has 4 heteroatoms. The first-order chi connectivity index (χ1) is 11.0. The molecule has 1 unspecified atom stereocenters. The van der Waals surface area contributed by atoms with Crippen LogP contribution in [0.2, 0.25) is 0 Å². The van der Waals surface area contributed by atoms with Gasteiger partial charge in [0.05, 0.1) is 6.42 Å². The largest absolute Gasteiger partial charge is 0.480 e. The summed E-state index contributed by atoms with van der Waals surface area (Å²) in [5, 5.41) is 9.46. The molecule has 1 atom stereocenters. The van der Waals surface area contributed by atoms with Gasteiger partial charge < -0.3 is 10.0 Å². The molecule has 0 radical (unpaired) electrons. The van der Waals surface area contributed by atoms with E-state index in [1.54, 1.807) is 7.05 Å². The third-order valence-electron chi connectivity index (χ3n) is 3.89. The Kier molecular flexibility index (Phi) is 5.52. The fourth-order valence-corrected chi connectivity index (χ4v) is 2.41. The van der Waals surface area contributed by atoms with Gasteiger partial charge in [0.25, 0.3) is 0 Å². The molecule has 0 spiro atoms. The third kappa shape index (κ3) is 4.68. The van der Waals surface area contributed by atoms with Crippen LogP contribution in [0.1, 0.15) is 16.7 Å². The number of aryl methyl sites for hydroxylation is 1. The van der Waals surface area contributed by atoms with E-state index in [-0.39, 0.29) is 12.3 Å². The Morgan fingerprint density at radius 2 is 1.61 bits per heavy atom. The van der Waals surface area contributed by atoms with Crippen molar-refractivity contribution in [2.75, 3.05) is 7.05 Å². The van der Waals surface area contributed by atoms with E-state index in [4.69, 9.17) is 0 Å². The summed E-state index contributed by atoms with van der Waals surface area (Å²) in [7, 11) is 1.55. The fraction of sp³-hybridized carbons (Fsp3) is 0.263. The van der Waals surface area contributed by atoms with Gasteiger partial charge in [-0.05, 0) is 18.1 Å². The van der Waals surface area contributed by atoms with Crippen LogP contribution in [0.4, 0.5) is 0 Å². The van der Waals surface area contributed by atoms with Gasteiger partial charge in [0.1, 0.15) is 6.04 Å². The highest BCUT2D eigenvalue weighted by molar-refractivity contribution is 5.85. The summed E-state index contributed by atoms with van der Waals surface area (Å²) in [4.78, 5) is 25.3. The van der Waals surface area contributed by atoms with Crippen LogP contribution in [0.5, 0.6) is 0 Å². The lowest BCUT2D eigenvalue weighted by molar-refractivity contribution is -0.148. The minimum Gasteiger partial charge on any atom is -0.480 e. The van der Waals surface area contributed by atoms with Gasteiger partial charge in [-0.3, -0.25) is 4.79 Å². The topological polar surface area (TPSA) is 57.6 Å². The monoisotopic (exact) mass is 311 g/mol. The first kappa shape index (κ1) is 16.7. The number of carbonyl (C=O) groups is 2. The predicted octanol–water partition coefficient (Wildman–Crippen LogP) is 2.69. The summed E-state index contributed by atoms with van der Waals surface area (Å²) in [5.74, 6) is -1.19. The minimum absolute atomic E-state index is 0.197. The van der Waals surface area contributed by atoms with Gasteiger partial charge >= 0.3 is 5.97 Å².